The van der Waals surface area contributed by atoms with E-state index in [1.807, 2.05) is 0 Å². The Kier molecular flexibility index (Phi) is 6.37. The van der Waals surface area contributed by atoms with Crippen LogP contribution in [0.1, 0.15) is 49.9 Å². The summed E-state index contributed by atoms with van der Waals surface area (Å²) in [6, 6.07) is 64.5. The zero-order valence-electron chi connectivity index (χ0n) is 33.7. The van der Waals surface area contributed by atoms with Crippen molar-refractivity contribution in [2.75, 3.05) is 0 Å². The predicted molar refractivity (Wildman–Crippen MR) is 252 cm³/mol. The molecule has 0 bridgehead atoms. The van der Waals surface area contributed by atoms with E-state index < -0.39 is 0 Å². The molecule has 0 radical (unpaired) electrons. The monoisotopic (exact) mass is 751 g/mol. The molecule has 0 unspecified atom stereocenters. The van der Waals surface area contributed by atoms with Crippen molar-refractivity contribution in [3.63, 3.8) is 0 Å². The summed E-state index contributed by atoms with van der Waals surface area (Å²) in [7, 11) is 0. The van der Waals surface area contributed by atoms with E-state index in [1.54, 1.807) is 0 Å². The molecule has 0 saturated carbocycles. The lowest BCUT2D eigenvalue weighted by Gasteiger charge is -2.21. The zero-order chi connectivity index (χ0) is 39.4. The Balaban J connectivity index is 1.01. The van der Waals surface area contributed by atoms with Gasteiger partial charge in [0.05, 0.1) is 0 Å². The van der Waals surface area contributed by atoms with Crippen LogP contribution in [0.4, 0.5) is 0 Å². The largest absolute Gasteiger partial charge is 0.354 e. The summed E-state index contributed by atoms with van der Waals surface area (Å²) in [6.45, 7) is 9.46. The smallest absolute Gasteiger partial charge is 0.0471 e. The third-order valence-corrected chi connectivity index (χ3v) is 14.3. The number of fused-ring (bicyclic) bond motifs is 16. The number of aromatic amines is 1. The van der Waals surface area contributed by atoms with E-state index in [9.17, 15) is 0 Å². The van der Waals surface area contributed by atoms with Gasteiger partial charge in [-0.1, -0.05) is 149 Å². The molecule has 13 rings (SSSR count). The summed E-state index contributed by atoms with van der Waals surface area (Å²) in [6.07, 6.45) is 0. The molecule has 1 heterocycles. The normalized spacial score (nSPS) is 14.7. The van der Waals surface area contributed by atoms with Crippen molar-refractivity contribution in [1.82, 2.24) is 4.98 Å². The average Bonchev–Trinajstić information content (AvgIpc) is 3.83. The van der Waals surface area contributed by atoms with Crippen molar-refractivity contribution < 1.29 is 0 Å². The second kappa shape index (κ2) is 11.4. The van der Waals surface area contributed by atoms with Gasteiger partial charge in [0, 0.05) is 32.6 Å². The van der Waals surface area contributed by atoms with Crippen molar-refractivity contribution in [2.24, 2.45) is 0 Å². The van der Waals surface area contributed by atoms with E-state index in [0.29, 0.717) is 0 Å². The maximum absolute atomic E-state index is 3.81. The lowest BCUT2D eigenvalue weighted by molar-refractivity contribution is 0.660. The maximum atomic E-state index is 3.81. The highest BCUT2D eigenvalue weighted by molar-refractivity contribution is 6.21. The van der Waals surface area contributed by atoms with Gasteiger partial charge in [0.15, 0.2) is 0 Å². The molecule has 1 heteroatoms. The van der Waals surface area contributed by atoms with Crippen LogP contribution < -0.4 is 0 Å². The first-order chi connectivity index (χ1) is 28.7. The Labute approximate surface area is 343 Å². The molecular weight excluding hydrogens is 711 g/mol. The molecule has 2 aliphatic carbocycles. The Bertz CT molecular complexity index is 3650. The SMILES string of the molecule is CC1(C)c2ccccc2-c2c1ccc1cc3c(cc21)[nH]c1ccc(-c2ccc4cc(-c5ccccc5)c5cc6c7c(ccc6cc5c4c2)C(C)(C)c2ccccc2-7)cc13. The molecule has 11 aromatic rings. The summed E-state index contributed by atoms with van der Waals surface area (Å²) in [5.74, 6) is 0. The first kappa shape index (κ1) is 33.1. The van der Waals surface area contributed by atoms with E-state index in [1.165, 1.54) is 132 Å². The van der Waals surface area contributed by atoms with Crippen molar-refractivity contribution in [3.8, 4) is 44.5 Å². The third kappa shape index (κ3) is 4.40. The van der Waals surface area contributed by atoms with E-state index in [4.69, 9.17) is 0 Å². The van der Waals surface area contributed by atoms with Crippen molar-refractivity contribution >= 4 is 64.9 Å². The molecule has 0 atom stereocenters. The molecule has 10 aromatic carbocycles. The van der Waals surface area contributed by atoms with Gasteiger partial charge in [-0.2, -0.15) is 0 Å². The summed E-state index contributed by atoms with van der Waals surface area (Å²) in [5.41, 5.74) is 18.4. The van der Waals surface area contributed by atoms with Gasteiger partial charge in [0.1, 0.15) is 0 Å². The van der Waals surface area contributed by atoms with Crippen molar-refractivity contribution in [1.29, 1.82) is 0 Å². The van der Waals surface area contributed by atoms with Crippen LogP contribution in [0.15, 0.2) is 170 Å². The van der Waals surface area contributed by atoms with Crippen LogP contribution >= 0.6 is 0 Å². The van der Waals surface area contributed by atoms with Crippen LogP contribution in [-0.2, 0) is 10.8 Å². The van der Waals surface area contributed by atoms with Crippen LogP contribution in [0.5, 0.6) is 0 Å². The van der Waals surface area contributed by atoms with Crippen LogP contribution in [0.25, 0.3) is 109 Å². The second-order valence-corrected chi connectivity index (χ2v) is 18.2. The Morgan fingerprint density at radius 3 is 1.51 bits per heavy atom. The highest BCUT2D eigenvalue weighted by Crippen LogP contribution is 2.54. The fraction of sp³-hybridized carbons (Fsp3) is 0.103. The molecule has 59 heavy (non-hydrogen) atoms. The topological polar surface area (TPSA) is 15.8 Å². The molecule has 1 aromatic heterocycles. The number of hydrogen-bond acceptors (Lipinski definition) is 0. The zero-order valence-corrected chi connectivity index (χ0v) is 33.7. The number of nitrogens with one attached hydrogen (secondary N) is 1. The minimum absolute atomic E-state index is 0.0186. The van der Waals surface area contributed by atoms with Gasteiger partial charge in [-0.15, -0.1) is 0 Å². The van der Waals surface area contributed by atoms with E-state index >= 15 is 0 Å². The van der Waals surface area contributed by atoms with Crippen molar-refractivity contribution in [3.05, 3.63) is 192 Å². The fourth-order valence-corrected chi connectivity index (χ4v) is 11.3. The number of hydrogen-bond donors (Lipinski definition) is 1. The Morgan fingerprint density at radius 1 is 0.305 bits per heavy atom. The molecule has 0 spiro atoms. The fourth-order valence-electron chi connectivity index (χ4n) is 11.3. The minimum atomic E-state index is -0.0436. The molecular formula is C58H41N. The Hall–Kier alpha value is -6.96. The van der Waals surface area contributed by atoms with Crippen LogP contribution in [0, 0.1) is 0 Å². The second-order valence-electron chi connectivity index (χ2n) is 18.2. The number of benzene rings is 10. The number of rotatable bonds is 2. The molecule has 278 valence electrons. The summed E-state index contributed by atoms with van der Waals surface area (Å²) in [5, 5.41) is 12.9. The molecule has 2 aliphatic rings. The maximum Gasteiger partial charge on any atom is 0.0471 e. The first-order valence-corrected chi connectivity index (χ1v) is 21.0. The predicted octanol–water partition coefficient (Wildman–Crippen LogP) is 15.9. The lowest BCUT2D eigenvalue weighted by atomic mass is 9.82. The van der Waals surface area contributed by atoms with Crippen LogP contribution in [0.3, 0.4) is 0 Å². The van der Waals surface area contributed by atoms with Gasteiger partial charge in [0.25, 0.3) is 0 Å². The van der Waals surface area contributed by atoms with Gasteiger partial charge in [-0.3, -0.25) is 0 Å². The minimum Gasteiger partial charge on any atom is -0.354 e. The lowest BCUT2D eigenvalue weighted by Crippen LogP contribution is -2.14. The highest BCUT2D eigenvalue weighted by atomic mass is 14.7. The van der Waals surface area contributed by atoms with Crippen LogP contribution in [-0.4, -0.2) is 4.98 Å². The van der Waals surface area contributed by atoms with Gasteiger partial charge >= 0.3 is 0 Å². The Morgan fingerprint density at radius 2 is 0.831 bits per heavy atom. The molecule has 0 amide bonds. The highest BCUT2D eigenvalue weighted by Gasteiger charge is 2.37. The standard InChI is InChI=1S/C58H41N/c1-57(2)49-16-10-8-14-39(49)55-43-31-46-41(33-12-6-5-7-13-33)28-36-19-18-34(26-42(36)45(46)29-37(43)20-23-51(55)57)35-22-25-53-47(27-35)48-30-38-21-24-52-56(44(38)32-54(48)59-53)40-15-9-11-17-50(40)58(52,3)4/h5-32,59H,1-4H3. The molecule has 0 aliphatic heterocycles. The van der Waals surface area contributed by atoms with Crippen LogP contribution in [0.2, 0.25) is 0 Å². The molecule has 1 nitrogen and oxygen atoms in total. The first-order valence-electron chi connectivity index (χ1n) is 21.0. The third-order valence-electron chi connectivity index (χ3n) is 14.3. The average molecular weight is 752 g/mol. The van der Waals surface area contributed by atoms with Gasteiger partial charge in [-0.05, 0) is 158 Å². The van der Waals surface area contributed by atoms with Gasteiger partial charge in [0.2, 0.25) is 0 Å². The molecule has 0 fully saturated rings. The van der Waals surface area contributed by atoms with Gasteiger partial charge in [-0.25, -0.2) is 0 Å². The number of H-pyrrole nitrogens is 1. The van der Waals surface area contributed by atoms with E-state index in [-0.39, 0.29) is 10.8 Å². The molecule has 0 saturated heterocycles. The molecule has 1 N–H and O–H groups in total. The summed E-state index contributed by atoms with van der Waals surface area (Å²) >= 11 is 0. The van der Waals surface area contributed by atoms with Gasteiger partial charge < -0.3 is 4.98 Å². The quantitative estimate of drug-likeness (QED) is 0.134. The van der Waals surface area contributed by atoms with E-state index in [0.717, 1.165) is 0 Å². The number of aromatic nitrogens is 1. The summed E-state index contributed by atoms with van der Waals surface area (Å²) in [4.78, 5) is 3.81. The van der Waals surface area contributed by atoms with Crippen molar-refractivity contribution in [2.45, 2.75) is 38.5 Å². The van der Waals surface area contributed by atoms with E-state index in [2.05, 4.69) is 203 Å². The summed E-state index contributed by atoms with van der Waals surface area (Å²) < 4.78 is 0.